The maximum Gasteiger partial charge on any atom is 0.416 e. The van der Waals surface area contributed by atoms with Gasteiger partial charge in [-0.1, -0.05) is 24.3 Å². The van der Waals surface area contributed by atoms with Gasteiger partial charge in [0.05, 0.1) is 11.6 Å². The molecule has 0 saturated carbocycles. The molecule has 4 rings (SSSR count). The van der Waals surface area contributed by atoms with Crippen molar-refractivity contribution in [2.75, 3.05) is 6.54 Å². The number of benzene rings is 2. The van der Waals surface area contributed by atoms with Crippen molar-refractivity contribution in [3.8, 4) is 5.75 Å². The van der Waals surface area contributed by atoms with Gasteiger partial charge in [0.2, 0.25) is 5.91 Å². The summed E-state index contributed by atoms with van der Waals surface area (Å²) in [4.78, 5) is 15.8. The van der Waals surface area contributed by atoms with E-state index in [9.17, 15) is 23.1 Å². The second kappa shape index (κ2) is 7.99. The van der Waals surface area contributed by atoms with E-state index in [0.29, 0.717) is 24.1 Å². The normalized spacial score (nSPS) is 16.6. The number of alkyl halides is 3. The summed E-state index contributed by atoms with van der Waals surface area (Å²) in [5, 5.41) is 11.5. The highest BCUT2D eigenvalue weighted by atomic mass is 32.1. The molecule has 2 aromatic carbocycles. The van der Waals surface area contributed by atoms with Gasteiger partial charge in [-0.05, 0) is 64.9 Å². The molecule has 0 fully saturated rings. The monoisotopic (exact) mass is 429 g/mol. The van der Waals surface area contributed by atoms with Crippen LogP contribution in [0.4, 0.5) is 13.2 Å². The van der Waals surface area contributed by atoms with E-state index in [-0.39, 0.29) is 11.7 Å². The van der Waals surface area contributed by atoms with Crippen molar-refractivity contribution >= 4 is 23.3 Å². The van der Waals surface area contributed by atoms with Crippen molar-refractivity contribution in [1.82, 2.24) is 4.90 Å². The number of phenolic OH excluding ortho intramolecular Hbond substituents is 1. The molecule has 1 amide bonds. The van der Waals surface area contributed by atoms with Crippen LogP contribution in [0, 0.1) is 0 Å². The van der Waals surface area contributed by atoms with Gasteiger partial charge in [-0.2, -0.15) is 13.2 Å². The van der Waals surface area contributed by atoms with Crippen LogP contribution in [0.5, 0.6) is 5.75 Å². The van der Waals surface area contributed by atoms with Gasteiger partial charge in [0, 0.05) is 17.5 Å². The van der Waals surface area contributed by atoms with E-state index in [2.05, 4.69) is 0 Å². The van der Waals surface area contributed by atoms with Crippen LogP contribution >= 0.6 is 11.3 Å². The molecular formula is C23H18F3NO2S. The Morgan fingerprint density at radius 2 is 1.90 bits per heavy atom. The molecule has 0 aliphatic carbocycles. The first-order valence-electron chi connectivity index (χ1n) is 9.34. The lowest BCUT2D eigenvalue weighted by atomic mass is 9.92. The highest BCUT2D eigenvalue weighted by Gasteiger charge is 2.34. The smallest absolute Gasteiger partial charge is 0.416 e. The van der Waals surface area contributed by atoms with Gasteiger partial charge in [-0.25, -0.2) is 0 Å². The number of hydrogen-bond donors (Lipinski definition) is 1. The van der Waals surface area contributed by atoms with Gasteiger partial charge in [-0.3, -0.25) is 4.79 Å². The first-order chi connectivity index (χ1) is 14.3. The molecule has 1 unspecified atom stereocenters. The number of halogens is 3. The summed E-state index contributed by atoms with van der Waals surface area (Å²) in [5.74, 6) is -0.131. The molecule has 0 bridgehead atoms. The number of rotatable bonds is 3. The molecular weight excluding hydrogens is 411 g/mol. The molecule has 154 valence electrons. The van der Waals surface area contributed by atoms with Gasteiger partial charge < -0.3 is 10.0 Å². The number of fused-ring (bicyclic) bond motifs is 1. The maximum atomic E-state index is 13.0. The summed E-state index contributed by atoms with van der Waals surface area (Å²) in [6, 6.07) is 13.0. The van der Waals surface area contributed by atoms with Crippen molar-refractivity contribution < 1.29 is 23.1 Å². The van der Waals surface area contributed by atoms with E-state index >= 15 is 0 Å². The second-order valence-corrected chi connectivity index (χ2v) is 8.03. The van der Waals surface area contributed by atoms with E-state index in [0.717, 1.165) is 22.6 Å². The summed E-state index contributed by atoms with van der Waals surface area (Å²) >= 11 is 1.59. The fraction of sp³-hybridized carbons (Fsp3) is 0.174. The van der Waals surface area contributed by atoms with Crippen LogP contribution in [0.15, 0.2) is 66.1 Å². The molecule has 3 nitrogen and oxygen atoms in total. The fourth-order valence-electron chi connectivity index (χ4n) is 3.66. The molecule has 0 spiro atoms. The Labute approximate surface area is 175 Å². The number of aromatic hydroxyl groups is 1. The number of hydrogen-bond acceptors (Lipinski definition) is 3. The van der Waals surface area contributed by atoms with Crippen molar-refractivity contribution in [3.63, 3.8) is 0 Å². The highest BCUT2D eigenvalue weighted by molar-refractivity contribution is 7.10. The first-order valence-corrected chi connectivity index (χ1v) is 10.2. The van der Waals surface area contributed by atoms with E-state index in [1.54, 1.807) is 46.6 Å². The predicted molar refractivity (Wildman–Crippen MR) is 110 cm³/mol. The zero-order valence-corrected chi connectivity index (χ0v) is 16.6. The molecule has 1 aromatic heterocycles. The van der Waals surface area contributed by atoms with Crippen LogP contribution in [-0.2, 0) is 17.4 Å². The van der Waals surface area contributed by atoms with Crippen molar-refractivity contribution in [2.45, 2.75) is 18.6 Å². The Balaban J connectivity index is 1.65. The number of carbonyl (C=O) groups is 1. The van der Waals surface area contributed by atoms with Gasteiger partial charge in [0.25, 0.3) is 0 Å². The molecule has 1 aliphatic rings. The third-order valence-electron chi connectivity index (χ3n) is 5.09. The third-order valence-corrected chi connectivity index (χ3v) is 6.09. The van der Waals surface area contributed by atoms with E-state index in [1.807, 2.05) is 11.4 Å². The zero-order valence-electron chi connectivity index (χ0n) is 15.8. The standard InChI is InChI=1S/C23H18F3NO2S/c24-23(25,26)17-7-5-16(6-8-17)22-19-11-13-30-20(19)10-12-27(22)21(29)9-4-15-2-1-3-18(28)14-15/h1-9,11,13-14,22,28H,10,12H2/b9-4+. The SMILES string of the molecule is O=C(/C=C/c1cccc(O)c1)N1CCc2sccc2C1c1ccc(C(F)(F)F)cc1. The molecule has 0 radical (unpaired) electrons. The first kappa shape index (κ1) is 20.2. The predicted octanol–water partition coefficient (Wildman–Crippen LogP) is 5.66. The Hall–Kier alpha value is -3.06. The average Bonchev–Trinajstić information content (AvgIpc) is 3.19. The quantitative estimate of drug-likeness (QED) is 0.546. The Morgan fingerprint density at radius 1 is 1.13 bits per heavy atom. The molecule has 1 aliphatic heterocycles. The fourth-order valence-corrected chi connectivity index (χ4v) is 4.56. The lowest BCUT2D eigenvalue weighted by Gasteiger charge is -2.35. The average molecular weight is 429 g/mol. The van der Waals surface area contributed by atoms with Crippen LogP contribution in [0.25, 0.3) is 6.08 Å². The molecule has 1 atom stereocenters. The largest absolute Gasteiger partial charge is 0.508 e. The van der Waals surface area contributed by atoms with Gasteiger partial charge in [0.1, 0.15) is 5.75 Å². The van der Waals surface area contributed by atoms with Crippen LogP contribution in [-0.4, -0.2) is 22.5 Å². The molecule has 30 heavy (non-hydrogen) atoms. The number of nitrogens with zero attached hydrogens (tertiary/aromatic N) is 1. The van der Waals surface area contributed by atoms with E-state index in [4.69, 9.17) is 0 Å². The second-order valence-electron chi connectivity index (χ2n) is 7.03. The minimum atomic E-state index is -4.40. The number of carbonyl (C=O) groups excluding carboxylic acids is 1. The highest BCUT2D eigenvalue weighted by Crippen LogP contribution is 2.39. The van der Waals surface area contributed by atoms with E-state index < -0.39 is 17.8 Å². The lowest BCUT2D eigenvalue weighted by Crippen LogP contribution is -2.39. The molecule has 1 N–H and O–H groups in total. The summed E-state index contributed by atoms with van der Waals surface area (Å²) in [5.41, 5.74) is 1.56. The molecule has 2 heterocycles. The topological polar surface area (TPSA) is 40.5 Å². The third kappa shape index (κ3) is 4.11. The number of amides is 1. The number of phenols is 1. The van der Waals surface area contributed by atoms with Crippen molar-refractivity contribution in [3.05, 3.63) is 93.2 Å². The zero-order chi connectivity index (χ0) is 21.3. The van der Waals surface area contributed by atoms with Gasteiger partial charge in [-0.15, -0.1) is 11.3 Å². The van der Waals surface area contributed by atoms with Crippen molar-refractivity contribution in [1.29, 1.82) is 0 Å². The minimum absolute atomic E-state index is 0.105. The van der Waals surface area contributed by atoms with Gasteiger partial charge >= 0.3 is 6.18 Å². The van der Waals surface area contributed by atoms with E-state index in [1.165, 1.54) is 18.2 Å². The number of thiophene rings is 1. The summed E-state index contributed by atoms with van der Waals surface area (Å²) < 4.78 is 38.9. The Kier molecular flexibility index (Phi) is 5.39. The minimum Gasteiger partial charge on any atom is -0.508 e. The maximum absolute atomic E-state index is 13.0. The van der Waals surface area contributed by atoms with Gasteiger partial charge in [0.15, 0.2) is 0 Å². The van der Waals surface area contributed by atoms with Crippen LogP contribution in [0.3, 0.4) is 0 Å². The lowest BCUT2D eigenvalue weighted by molar-refractivity contribution is -0.137. The van der Waals surface area contributed by atoms with Crippen LogP contribution < -0.4 is 0 Å². The molecule has 7 heteroatoms. The Morgan fingerprint density at radius 3 is 2.60 bits per heavy atom. The molecule has 0 saturated heterocycles. The van der Waals surface area contributed by atoms with Crippen LogP contribution in [0.2, 0.25) is 0 Å². The van der Waals surface area contributed by atoms with Crippen LogP contribution in [0.1, 0.15) is 33.2 Å². The summed E-state index contributed by atoms with van der Waals surface area (Å²) in [6.07, 6.45) is -0.647. The summed E-state index contributed by atoms with van der Waals surface area (Å²) in [6.45, 7) is 0.475. The van der Waals surface area contributed by atoms with Crippen molar-refractivity contribution in [2.24, 2.45) is 0 Å². The molecule has 3 aromatic rings. The Bertz CT molecular complexity index is 1090. The summed E-state index contributed by atoms with van der Waals surface area (Å²) in [7, 11) is 0.